The van der Waals surface area contributed by atoms with Crippen LogP contribution in [0.5, 0.6) is 0 Å². The number of imidazole rings is 1. The fourth-order valence-electron chi connectivity index (χ4n) is 8.13. The van der Waals surface area contributed by atoms with E-state index in [4.69, 9.17) is 28.4 Å². The van der Waals surface area contributed by atoms with Crippen molar-refractivity contribution in [2.24, 2.45) is 10.9 Å². The Bertz CT molecular complexity index is 2180. The molecule has 3 aromatic rings. The van der Waals surface area contributed by atoms with Crippen LogP contribution in [0.15, 0.2) is 46.4 Å². The van der Waals surface area contributed by atoms with Gasteiger partial charge >= 0.3 is 11.9 Å². The predicted octanol–water partition coefficient (Wildman–Crippen LogP) is 4.68. The van der Waals surface area contributed by atoms with Crippen LogP contribution in [-0.2, 0) is 47.6 Å². The molecule has 0 spiro atoms. The van der Waals surface area contributed by atoms with E-state index in [9.17, 15) is 28.8 Å². The molecule has 0 radical (unpaired) electrons. The zero-order valence-electron chi connectivity index (χ0n) is 39.8. The number of carbonyl (C=O) groups is 5. The number of nitrogens with one attached hydrogen (secondary N) is 3. The van der Waals surface area contributed by atoms with Crippen molar-refractivity contribution in [3.8, 4) is 0 Å². The van der Waals surface area contributed by atoms with E-state index in [0.717, 1.165) is 19.3 Å². The number of rotatable bonds is 26. The first kappa shape index (κ1) is 52.4. The number of unbranched alkanes of at least 4 members (excludes halogenated alkanes) is 4. The summed E-state index contributed by atoms with van der Waals surface area (Å²) in [5.41, 5.74) is 0.186. The van der Waals surface area contributed by atoms with Gasteiger partial charge in [-0.2, -0.15) is 4.98 Å². The third-order valence-corrected chi connectivity index (χ3v) is 11.6. The third-order valence-electron chi connectivity index (χ3n) is 11.6. The number of esters is 2. The Morgan fingerprint density at radius 1 is 0.866 bits per heavy atom. The summed E-state index contributed by atoms with van der Waals surface area (Å²) in [6, 6.07) is 7.98. The van der Waals surface area contributed by atoms with Crippen LogP contribution >= 0.6 is 0 Å². The number of hydrogen-bond donors (Lipinski definition) is 3. The lowest BCUT2D eigenvalue weighted by Crippen LogP contribution is -2.62. The van der Waals surface area contributed by atoms with Gasteiger partial charge in [-0.25, -0.2) is 14.8 Å². The van der Waals surface area contributed by atoms with E-state index >= 15 is 0 Å². The van der Waals surface area contributed by atoms with Gasteiger partial charge in [0.15, 0.2) is 29.8 Å². The first-order chi connectivity index (χ1) is 32.2. The number of H-pyrrole nitrogens is 1. The van der Waals surface area contributed by atoms with Crippen molar-refractivity contribution >= 4 is 53.0 Å². The number of fused-ring (bicyclic) bond motifs is 1. The monoisotopic (exact) mass is 936 g/mol. The number of Topliss-reactive ketones (excluding diaryl/α,β-unsaturated/α-hetero) is 1. The minimum Gasteiger partial charge on any atom is -0.456 e. The molecule has 9 atom stereocenters. The lowest BCUT2D eigenvalue weighted by Gasteiger charge is -2.45. The summed E-state index contributed by atoms with van der Waals surface area (Å²) in [6.45, 7) is 9.82. The summed E-state index contributed by atoms with van der Waals surface area (Å²) in [5, 5.41) is 5.87. The fourth-order valence-corrected chi connectivity index (χ4v) is 8.13. The Hall–Kier alpha value is -5.57. The third kappa shape index (κ3) is 15.2. The average Bonchev–Trinajstić information content (AvgIpc) is 3.88. The molecule has 1 unspecified atom stereocenters. The van der Waals surface area contributed by atoms with Crippen LogP contribution < -0.4 is 16.2 Å². The SMILES string of the molecule is CC[C@H]1O[C@@H](n2cnc3c(=O)[nH]c(/N=C/N(C)C)nc32)[C@@H](OC(=O)CCC(C)=O)C1OCCCCCCNC(=O)CCCCO[C@@H]1O[C@H](CC)[C@H](C)[C@H](OC(=O)c2ccccc2)[C@H]1NC(C)=O. The van der Waals surface area contributed by atoms with Crippen LogP contribution in [0.3, 0.4) is 0 Å². The second kappa shape index (κ2) is 26.1. The average molecular weight is 937 g/mol. The Kier molecular flexibility index (Phi) is 20.4. The number of aliphatic imine (C=N–C) groups is 1. The molecule has 2 amide bonds. The number of aromatic amines is 1. The number of amides is 2. The Morgan fingerprint density at radius 2 is 1.58 bits per heavy atom. The van der Waals surface area contributed by atoms with Gasteiger partial charge in [-0.1, -0.05) is 51.8 Å². The highest BCUT2D eigenvalue weighted by Crippen LogP contribution is 2.37. The summed E-state index contributed by atoms with van der Waals surface area (Å²) in [4.78, 5) is 92.8. The van der Waals surface area contributed by atoms with Gasteiger partial charge < -0.3 is 48.7 Å². The van der Waals surface area contributed by atoms with Crippen LogP contribution in [0.2, 0.25) is 0 Å². The summed E-state index contributed by atoms with van der Waals surface area (Å²) >= 11 is 0. The van der Waals surface area contributed by atoms with E-state index in [2.05, 4.69) is 30.6 Å². The lowest BCUT2D eigenvalue weighted by atomic mass is 9.87. The van der Waals surface area contributed by atoms with E-state index in [1.54, 1.807) is 47.8 Å². The highest BCUT2D eigenvalue weighted by Gasteiger charge is 2.49. The molecule has 20 nitrogen and oxygen atoms in total. The molecule has 2 fully saturated rings. The number of ketones is 1. The minimum absolute atomic E-state index is 0.0317. The van der Waals surface area contributed by atoms with Crippen LogP contribution in [0.4, 0.5) is 5.95 Å². The van der Waals surface area contributed by atoms with Crippen molar-refractivity contribution in [3.05, 3.63) is 52.6 Å². The van der Waals surface area contributed by atoms with Crippen molar-refractivity contribution < 1.29 is 52.4 Å². The molecule has 4 heterocycles. The largest absolute Gasteiger partial charge is 0.456 e. The van der Waals surface area contributed by atoms with Gasteiger partial charge in [0.05, 0.1) is 36.9 Å². The summed E-state index contributed by atoms with van der Waals surface area (Å²) in [5.74, 6) is -1.71. The number of aromatic nitrogens is 4. The van der Waals surface area contributed by atoms with Gasteiger partial charge in [-0.05, 0) is 57.6 Å². The second-order valence-corrected chi connectivity index (χ2v) is 17.3. The maximum Gasteiger partial charge on any atom is 0.338 e. The number of nitrogens with zero attached hydrogens (tertiary/aromatic N) is 5. The maximum atomic E-state index is 13.0. The molecule has 2 aliphatic rings. The summed E-state index contributed by atoms with van der Waals surface area (Å²) < 4.78 is 38.7. The standard InChI is InChI=1S/C47H68N8O12/c1-8-33-30(4)39(67-45(61)32-19-13-12-14-20-32)37(51-31(5)57)46(65-33)63-26-18-15-21-35(58)48-24-16-10-11-17-25-62-40-34(9-2)64-44(41(40)66-36(59)23-22-29(3)56)55-28-49-38-42(55)52-47(53-43(38)60)50-27-54(6)7/h12-14,19-20,27-28,30,33-34,37,39-41,44,46H,8-11,15-18,21-26H2,1-7H3,(H,48,58)(H,51,57)(H,52,53,60)/b50-27+/t30-,33+,34+,37+,39-,40?,41-,44+,46+/m0/s1. The van der Waals surface area contributed by atoms with Crippen molar-refractivity contribution in [2.75, 3.05) is 33.9 Å². The first-order valence-electron chi connectivity index (χ1n) is 23.4. The number of ether oxygens (including phenoxy) is 6. The van der Waals surface area contributed by atoms with Gasteiger partial charge in [0.1, 0.15) is 24.0 Å². The highest BCUT2D eigenvalue weighted by molar-refractivity contribution is 5.89. The zero-order valence-corrected chi connectivity index (χ0v) is 39.8. The maximum absolute atomic E-state index is 13.0. The van der Waals surface area contributed by atoms with Crippen molar-refractivity contribution in [3.63, 3.8) is 0 Å². The molecule has 0 aliphatic carbocycles. The van der Waals surface area contributed by atoms with Gasteiger partial charge in [0.2, 0.25) is 17.8 Å². The number of carbonyl (C=O) groups excluding carboxylic acids is 5. The van der Waals surface area contributed by atoms with E-state index in [1.165, 1.54) is 26.5 Å². The summed E-state index contributed by atoms with van der Waals surface area (Å²) in [6.07, 6.45) is 3.91. The molecule has 2 aromatic heterocycles. The fraction of sp³-hybridized carbons (Fsp3) is 0.638. The molecule has 3 N–H and O–H groups in total. The van der Waals surface area contributed by atoms with Gasteiger partial charge in [0, 0.05) is 59.5 Å². The number of benzene rings is 1. The molecule has 0 bridgehead atoms. The minimum atomic E-state index is -0.930. The topological polar surface area (TPSA) is 244 Å². The molecule has 67 heavy (non-hydrogen) atoms. The Balaban J connectivity index is 1.05. The molecule has 2 aliphatic heterocycles. The van der Waals surface area contributed by atoms with Gasteiger partial charge in [-0.15, -0.1) is 0 Å². The van der Waals surface area contributed by atoms with E-state index < -0.39 is 60.5 Å². The molecule has 20 heteroatoms. The smallest absolute Gasteiger partial charge is 0.338 e. The molecule has 2 saturated heterocycles. The molecular formula is C47H68N8O12. The normalized spacial score (nSPS) is 23.8. The molecule has 5 rings (SSSR count). The number of hydrogen-bond acceptors (Lipinski definition) is 15. The van der Waals surface area contributed by atoms with Crippen LogP contribution in [0.1, 0.15) is 122 Å². The quantitative estimate of drug-likeness (QED) is 0.0428. The van der Waals surface area contributed by atoms with Crippen molar-refractivity contribution in [2.45, 2.75) is 154 Å². The molecule has 368 valence electrons. The van der Waals surface area contributed by atoms with Gasteiger partial charge in [0.25, 0.3) is 5.56 Å². The highest BCUT2D eigenvalue weighted by atomic mass is 16.7. The Labute approximate surface area is 391 Å². The van der Waals surface area contributed by atoms with E-state index in [0.29, 0.717) is 57.2 Å². The van der Waals surface area contributed by atoms with Crippen molar-refractivity contribution in [1.29, 1.82) is 0 Å². The lowest BCUT2D eigenvalue weighted by molar-refractivity contribution is -0.249. The molecule has 0 saturated carbocycles. The van der Waals surface area contributed by atoms with E-state index in [-0.39, 0.29) is 66.2 Å². The predicted molar refractivity (Wildman–Crippen MR) is 246 cm³/mol. The zero-order chi connectivity index (χ0) is 48.5. The molecular weight excluding hydrogens is 869 g/mol. The van der Waals surface area contributed by atoms with Crippen LogP contribution in [0.25, 0.3) is 11.2 Å². The summed E-state index contributed by atoms with van der Waals surface area (Å²) in [7, 11) is 3.57. The van der Waals surface area contributed by atoms with E-state index in [1.807, 2.05) is 26.8 Å². The van der Waals surface area contributed by atoms with Crippen molar-refractivity contribution in [1.82, 2.24) is 35.1 Å². The Morgan fingerprint density at radius 3 is 2.28 bits per heavy atom. The van der Waals surface area contributed by atoms with Crippen LogP contribution in [0, 0.1) is 5.92 Å². The molecule has 1 aromatic carbocycles. The van der Waals surface area contributed by atoms with Crippen LogP contribution in [-0.4, -0.2) is 137 Å². The van der Waals surface area contributed by atoms with Gasteiger partial charge in [-0.3, -0.25) is 28.7 Å². The first-order valence-corrected chi connectivity index (χ1v) is 23.4. The second-order valence-electron chi connectivity index (χ2n) is 17.3.